The molecule has 1 nitrogen and oxygen atoms in total. The molecule has 0 N–H and O–H groups in total. The molecule has 0 aliphatic heterocycles. The van der Waals surface area contributed by atoms with Crippen molar-refractivity contribution in [2.24, 2.45) is 17.3 Å². The van der Waals surface area contributed by atoms with E-state index in [0.29, 0.717) is 17.3 Å². The lowest BCUT2D eigenvalue weighted by Gasteiger charge is -2.78. The highest BCUT2D eigenvalue weighted by atomic mass is 15.1. The molecule has 47 heavy (non-hydrogen) atoms. The molecule has 0 saturated heterocycles. The van der Waals surface area contributed by atoms with Gasteiger partial charge in [0, 0.05) is 16.9 Å². The topological polar surface area (TPSA) is 3.24 Å². The predicted octanol–water partition coefficient (Wildman–Crippen LogP) is 12.4. The van der Waals surface area contributed by atoms with E-state index in [0.717, 1.165) is 11.8 Å². The molecule has 0 heterocycles. The standard InChI is InChI=1S/C46H35N/c1-2-11-32-25-36(24-19-29(32)9-1)47(35-22-20-31(21-23-35)38-16-7-12-30-10-3-4-13-37(30)38)44-18-8-17-41-43-28-34-26-33-27-42(46(33,34)43)39-14-5-6-15-40(39)45(41)44/h1-25,33-34,42-43H,26-28H2. The lowest BCUT2D eigenvalue weighted by atomic mass is 9.25. The first-order valence-electron chi connectivity index (χ1n) is 17.4. The number of hydrogen-bond acceptors (Lipinski definition) is 1. The summed E-state index contributed by atoms with van der Waals surface area (Å²) in [5.74, 6) is 3.20. The molecule has 224 valence electrons. The third kappa shape index (κ3) is 3.39. The monoisotopic (exact) mass is 601 g/mol. The predicted molar refractivity (Wildman–Crippen MR) is 196 cm³/mol. The Kier molecular flexibility index (Phi) is 5.23. The van der Waals surface area contributed by atoms with Gasteiger partial charge in [-0.15, -0.1) is 0 Å². The molecule has 5 unspecified atom stereocenters. The van der Waals surface area contributed by atoms with E-state index in [2.05, 4.69) is 157 Å². The Labute approximate surface area is 276 Å². The van der Waals surface area contributed by atoms with E-state index in [9.17, 15) is 0 Å². The van der Waals surface area contributed by atoms with Gasteiger partial charge in [0.15, 0.2) is 0 Å². The molecule has 4 aliphatic carbocycles. The summed E-state index contributed by atoms with van der Waals surface area (Å²) in [5.41, 5.74) is 12.8. The highest BCUT2D eigenvalue weighted by Crippen LogP contribution is 2.85. The average Bonchev–Trinajstić information content (AvgIpc) is 3.21. The Balaban J connectivity index is 1.13. The minimum Gasteiger partial charge on any atom is -0.310 e. The molecule has 0 bridgehead atoms. The van der Waals surface area contributed by atoms with Crippen molar-refractivity contribution in [1.29, 1.82) is 0 Å². The second-order valence-corrected chi connectivity index (χ2v) is 14.5. The molecule has 3 fully saturated rings. The van der Waals surface area contributed by atoms with Crippen molar-refractivity contribution >= 4 is 38.6 Å². The van der Waals surface area contributed by atoms with Crippen LogP contribution >= 0.6 is 0 Å². The summed E-state index contributed by atoms with van der Waals surface area (Å²) >= 11 is 0. The van der Waals surface area contributed by atoms with Crippen LogP contribution < -0.4 is 4.90 Å². The van der Waals surface area contributed by atoms with E-state index in [1.54, 1.807) is 11.1 Å². The molecule has 3 saturated carbocycles. The summed E-state index contributed by atoms with van der Waals surface area (Å²) < 4.78 is 0. The fourth-order valence-corrected chi connectivity index (χ4v) is 10.7. The van der Waals surface area contributed by atoms with Gasteiger partial charge in [0.2, 0.25) is 0 Å². The molecule has 7 aromatic carbocycles. The van der Waals surface area contributed by atoms with Crippen molar-refractivity contribution in [2.75, 3.05) is 4.90 Å². The molecule has 0 aromatic heterocycles. The highest BCUT2D eigenvalue weighted by molar-refractivity contribution is 5.98. The molecule has 11 rings (SSSR count). The fourth-order valence-electron chi connectivity index (χ4n) is 10.7. The van der Waals surface area contributed by atoms with Gasteiger partial charge in [-0.25, -0.2) is 0 Å². The SMILES string of the molecule is c1ccc2c(c1)-c1c(cccc1N(c1ccc(-c3cccc4ccccc34)cc1)c1ccc3ccccc3c1)C1CC3CC4CC2C431. The zero-order valence-corrected chi connectivity index (χ0v) is 26.3. The minimum atomic E-state index is 0.508. The molecule has 1 heteroatoms. The van der Waals surface area contributed by atoms with E-state index in [-0.39, 0.29) is 0 Å². The van der Waals surface area contributed by atoms with Crippen molar-refractivity contribution in [3.63, 3.8) is 0 Å². The van der Waals surface area contributed by atoms with Gasteiger partial charge in [-0.05, 0) is 128 Å². The first-order chi connectivity index (χ1) is 23.3. The molecule has 7 aromatic rings. The number of nitrogens with zero attached hydrogens (tertiary/aromatic N) is 1. The molecule has 1 spiro atoms. The van der Waals surface area contributed by atoms with E-state index < -0.39 is 0 Å². The van der Waals surface area contributed by atoms with Crippen LogP contribution in [0.1, 0.15) is 42.2 Å². The number of anilines is 3. The van der Waals surface area contributed by atoms with Gasteiger partial charge in [0.05, 0.1) is 5.69 Å². The maximum atomic E-state index is 2.54. The fraction of sp³-hybridized carbons (Fsp3) is 0.174. The number of rotatable bonds is 4. The van der Waals surface area contributed by atoms with Gasteiger partial charge >= 0.3 is 0 Å². The van der Waals surface area contributed by atoms with Gasteiger partial charge in [0.25, 0.3) is 0 Å². The molecular formula is C46H35N. The van der Waals surface area contributed by atoms with E-state index in [1.165, 1.54) is 80.1 Å². The smallest absolute Gasteiger partial charge is 0.0543 e. The maximum Gasteiger partial charge on any atom is 0.0543 e. The van der Waals surface area contributed by atoms with Crippen LogP contribution in [0.3, 0.4) is 0 Å². The quantitative estimate of drug-likeness (QED) is 0.194. The van der Waals surface area contributed by atoms with Crippen molar-refractivity contribution in [1.82, 2.24) is 0 Å². The summed E-state index contributed by atoms with van der Waals surface area (Å²) in [5, 5.41) is 5.10. The third-order valence-corrected chi connectivity index (χ3v) is 12.7. The second kappa shape index (κ2) is 9.46. The van der Waals surface area contributed by atoms with Crippen molar-refractivity contribution < 1.29 is 0 Å². The Morgan fingerprint density at radius 1 is 0.468 bits per heavy atom. The Morgan fingerprint density at radius 3 is 1.96 bits per heavy atom. The van der Waals surface area contributed by atoms with Crippen LogP contribution in [0.4, 0.5) is 17.1 Å². The average molecular weight is 602 g/mol. The first kappa shape index (κ1) is 26.0. The van der Waals surface area contributed by atoms with Crippen LogP contribution in [0.2, 0.25) is 0 Å². The maximum absolute atomic E-state index is 2.54. The van der Waals surface area contributed by atoms with Gasteiger partial charge in [-0.2, -0.15) is 0 Å². The number of benzene rings is 7. The van der Waals surface area contributed by atoms with E-state index in [1.807, 2.05) is 0 Å². The summed E-state index contributed by atoms with van der Waals surface area (Å²) in [6.45, 7) is 0. The zero-order chi connectivity index (χ0) is 30.7. The van der Waals surface area contributed by atoms with Crippen LogP contribution in [-0.2, 0) is 0 Å². The number of hydrogen-bond donors (Lipinski definition) is 0. The van der Waals surface area contributed by atoms with E-state index in [4.69, 9.17) is 0 Å². The van der Waals surface area contributed by atoms with Crippen LogP contribution in [0.15, 0.2) is 152 Å². The highest BCUT2D eigenvalue weighted by Gasteiger charge is 2.76. The van der Waals surface area contributed by atoms with Gasteiger partial charge in [0.1, 0.15) is 0 Å². The Bertz CT molecular complexity index is 2370. The summed E-state index contributed by atoms with van der Waals surface area (Å²) in [7, 11) is 0. The summed E-state index contributed by atoms with van der Waals surface area (Å²) in [4.78, 5) is 2.54. The van der Waals surface area contributed by atoms with Crippen LogP contribution in [-0.4, -0.2) is 0 Å². The normalized spacial score (nSPS) is 24.4. The molecule has 4 aliphatic rings. The van der Waals surface area contributed by atoms with Crippen LogP contribution in [0.25, 0.3) is 43.8 Å². The minimum absolute atomic E-state index is 0.508. The number of fused-ring (bicyclic) bond motifs is 7. The molecule has 0 amide bonds. The van der Waals surface area contributed by atoms with Crippen molar-refractivity contribution in [3.05, 3.63) is 163 Å². The van der Waals surface area contributed by atoms with Crippen molar-refractivity contribution in [2.45, 2.75) is 31.1 Å². The van der Waals surface area contributed by atoms with Crippen molar-refractivity contribution in [3.8, 4) is 22.3 Å². The van der Waals surface area contributed by atoms with Crippen LogP contribution in [0.5, 0.6) is 0 Å². The molecule has 0 radical (unpaired) electrons. The van der Waals surface area contributed by atoms with E-state index >= 15 is 0 Å². The van der Waals surface area contributed by atoms with Gasteiger partial charge in [-0.3, -0.25) is 0 Å². The summed E-state index contributed by atoms with van der Waals surface area (Å²) in [6.07, 6.45) is 4.18. The summed E-state index contributed by atoms with van der Waals surface area (Å²) in [6, 6.07) is 56.9. The van der Waals surface area contributed by atoms with Gasteiger partial charge < -0.3 is 4.90 Å². The lowest BCUT2D eigenvalue weighted by molar-refractivity contribution is -0.252. The third-order valence-electron chi connectivity index (χ3n) is 12.7. The first-order valence-corrected chi connectivity index (χ1v) is 17.4. The lowest BCUT2D eigenvalue weighted by Crippen LogP contribution is -2.70. The van der Waals surface area contributed by atoms with Crippen LogP contribution in [0, 0.1) is 17.3 Å². The molecule has 5 atom stereocenters. The zero-order valence-electron chi connectivity index (χ0n) is 26.3. The van der Waals surface area contributed by atoms with Gasteiger partial charge in [-0.1, -0.05) is 121 Å². The Hall–Kier alpha value is -5.14. The molecular weight excluding hydrogens is 567 g/mol. The largest absolute Gasteiger partial charge is 0.310 e. The second-order valence-electron chi connectivity index (χ2n) is 14.5. The Morgan fingerprint density at radius 2 is 1.11 bits per heavy atom.